The van der Waals surface area contributed by atoms with Crippen LogP contribution in [0, 0.1) is 0 Å². The summed E-state index contributed by atoms with van der Waals surface area (Å²) in [5, 5.41) is 5.03. The monoisotopic (exact) mass is 389 g/mol. The van der Waals surface area contributed by atoms with Gasteiger partial charge in [0.25, 0.3) is 0 Å². The maximum Gasteiger partial charge on any atom is 0.307 e. The number of hydrogen-bond acceptors (Lipinski definition) is 4. The predicted octanol–water partition coefficient (Wildman–Crippen LogP) is 5.31. The average Bonchev–Trinajstić information content (AvgIpc) is 3.12. The van der Waals surface area contributed by atoms with E-state index in [0.717, 1.165) is 23.9 Å². The molecule has 1 aliphatic rings. The van der Waals surface area contributed by atoms with Gasteiger partial charge in [-0.3, -0.25) is 4.79 Å². The van der Waals surface area contributed by atoms with E-state index < -0.39 is 0 Å². The highest BCUT2D eigenvalue weighted by atomic mass is 16.3. The molecular formula is C24H27N3O2. The maximum atomic E-state index is 12.3. The molecule has 0 radical (unpaired) electrons. The number of anilines is 1. The Bertz CT molecular complexity index is 1050. The van der Waals surface area contributed by atoms with Gasteiger partial charge in [0.2, 0.25) is 0 Å². The first-order valence-corrected chi connectivity index (χ1v) is 10.1. The molecule has 29 heavy (non-hydrogen) atoms. The number of carbonyl (C=O) groups excluding carboxylic acids is 1. The van der Waals surface area contributed by atoms with Crippen molar-refractivity contribution >= 4 is 28.8 Å². The number of nitrogens with one attached hydrogen (secondary N) is 1. The summed E-state index contributed by atoms with van der Waals surface area (Å²) in [4.78, 5) is 14.8. The minimum atomic E-state index is -0.359. The topological polar surface area (TPSA) is 57.8 Å². The van der Waals surface area contributed by atoms with Gasteiger partial charge in [-0.1, -0.05) is 31.2 Å². The van der Waals surface area contributed by atoms with Crippen LogP contribution in [0.5, 0.6) is 0 Å². The van der Waals surface area contributed by atoms with Crippen LogP contribution in [0.1, 0.15) is 61.7 Å². The molecule has 150 valence electrons. The number of carbonyl (C=O) groups is 1. The number of hydrazone groups is 1. The van der Waals surface area contributed by atoms with Crippen LogP contribution < -0.4 is 10.3 Å². The molecule has 0 aliphatic carbocycles. The maximum absolute atomic E-state index is 12.3. The van der Waals surface area contributed by atoms with Gasteiger partial charge in [-0.25, -0.2) is 5.43 Å². The lowest BCUT2D eigenvalue weighted by Gasteiger charge is -2.47. The second-order valence-corrected chi connectivity index (χ2v) is 8.33. The zero-order valence-corrected chi connectivity index (χ0v) is 17.4. The molecule has 3 aromatic rings. The Morgan fingerprint density at radius 2 is 2.07 bits per heavy atom. The van der Waals surface area contributed by atoms with E-state index in [1.807, 2.05) is 30.3 Å². The summed E-state index contributed by atoms with van der Waals surface area (Å²) in [6.45, 7) is 10.1. The van der Waals surface area contributed by atoms with Crippen LogP contribution in [-0.2, 0) is 0 Å². The molecule has 1 N–H and O–H groups in total. The third-order valence-corrected chi connectivity index (χ3v) is 5.75. The van der Waals surface area contributed by atoms with E-state index >= 15 is 0 Å². The van der Waals surface area contributed by atoms with E-state index in [4.69, 9.17) is 4.42 Å². The van der Waals surface area contributed by atoms with Crippen LogP contribution in [0.15, 0.2) is 58.0 Å². The largest absolute Gasteiger partial charge is 0.451 e. The molecule has 0 fully saturated rings. The summed E-state index contributed by atoms with van der Waals surface area (Å²) in [7, 11) is 0. The number of hydrogen-bond donors (Lipinski definition) is 1. The van der Waals surface area contributed by atoms with Crippen molar-refractivity contribution in [2.24, 2.45) is 5.10 Å². The first-order valence-electron chi connectivity index (χ1n) is 10.1. The third kappa shape index (κ3) is 3.65. The van der Waals surface area contributed by atoms with Crippen LogP contribution in [0.4, 0.5) is 5.69 Å². The number of rotatable bonds is 4. The van der Waals surface area contributed by atoms with Gasteiger partial charge < -0.3 is 9.32 Å². The fourth-order valence-electron chi connectivity index (χ4n) is 4.50. The molecule has 0 saturated heterocycles. The second kappa shape index (κ2) is 7.39. The van der Waals surface area contributed by atoms with Gasteiger partial charge in [-0.2, -0.15) is 5.10 Å². The van der Waals surface area contributed by atoms with Gasteiger partial charge in [0.1, 0.15) is 5.58 Å². The lowest BCUT2D eigenvalue weighted by Crippen LogP contribution is -2.48. The van der Waals surface area contributed by atoms with Crippen LogP contribution in [0.2, 0.25) is 0 Å². The number of furan rings is 1. The molecule has 5 nitrogen and oxygen atoms in total. The molecule has 1 aromatic heterocycles. The molecule has 2 aromatic carbocycles. The van der Waals surface area contributed by atoms with Crippen molar-refractivity contribution in [2.45, 2.75) is 45.6 Å². The highest BCUT2D eigenvalue weighted by molar-refractivity contribution is 5.96. The van der Waals surface area contributed by atoms with E-state index in [1.54, 1.807) is 12.3 Å². The minimum Gasteiger partial charge on any atom is -0.451 e. The van der Waals surface area contributed by atoms with Gasteiger partial charge >= 0.3 is 5.91 Å². The third-order valence-electron chi connectivity index (χ3n) is 5.75. The van der Waals surface area contributed by atoms with Crippen molar-refractivity contribution in [3.05, 3.63) is 65.4 Å². The number of para-hydroxylation sites is 1. The fraction of sp³-hybridized carbons (Fsp3) is 0.333. The zero-order valence-electron chi connectivity index (χ0n) is 17.4. The molecule has 0 unspecified atom stereocenters. The summed E-state index contributed by atoms with van der Waals surface area (Å²) in [6.07, 6.45) is 2.79. The van der Waals surface area contributed by atoms with Crippen molar-refractivity contribution in [1.29, 1.82) is 0 Å². The molecule has 0 spiro atoms. The van der Waals surface area contributed by atoms with Crippen LogP contribution in [0.25, 0.3) is 11.0 Å². The van der Waals surface area contributed by atoms with Crippen molar-refractivity contribution in [1.82, 2.24) is 5.43 Å². The molecule has 0 bridgehead atoms. The second-order valence-electron chi connectivity index (χ2n) is 8.33. The number of nitrogens with zero attached hydrogens (tertiary/aromatic N) is 2. The summed E-state index contributed by atoms with van der Waals surface area (Å²) >= 11 is 0. The first kappa shape index (κ1) is 19.2. The van der Waals surface area contributed by atoms with Crippen molar-refractivity contribution in [2.75, 3.05) is 11.4 Å². The highest BCUT2D eigenvalue weighted by Gasteiger charge is 2.35. The average molecular weight is 389 g/mol. The normalized spacial score (nSPS) is 18.2. The zero-order chi connectivity index (χ0) is 20.6. The van der Waals surface area contributed by atoms with Gasteiger partial charge in [0.15, 0.2) is 5.76 Å². The highest BCUT2D eigenvalue weighted by Crippen LogP contribution is 2.43. The van der Waals surface area contributed by atoms with E-state index in [9.17, 15) is 4.79 Å². The SMILES string of the molecule is CCN1c2ccc(/C=N/NC(=O)c3cc4ccccc4o3)cc2[C@H](C)CC1(C)C. The Hall–Kier alpha value is -3.08. The molecular weight excluding hydrogens is 362 g/mol. The van der Waals surface area contributed by atoms with Gasteiger partial charge in [0, 0.05) is 23.2 Å². The van der Waals surface area contributed by atoms with Crippen molar-refractivity contribution < 1.29 is 9.21 Å². The quantitative estimate of drug-likeness (QED) is 0.486. The Morgan fingerprint density at radius 3 is 2.83 bits per heavy atom. The van der Waals surface area contributed by atoms with Crippen molar-refractivity contribution in [3.8, 4) is 0 Å². The lowest BCUT2D eigenvalue weighted by molar-refractivity contribution is 0.0929. The van der Waals surface area contributed by atoms with Gasteiger partial charge in [-0.05, 0) is 68.5 Å². The summed E-state index contributed by atoms with van der Waals surface area (Å²) in [5.74, 6) is 0.368. The Balaban J connectivity index is 1.50. The predicted molar refractivity (Wildman–Crippen MR) is 118 cm³/mol. The Labute approximate surface area is 171 Å². The van der Waals surface area contributed by atoms with Crippen molar-refractivity contribution in [3.63, 3.8) is 0 Å². The van der Waals surface area contributed by atoms with Crippen LogP contribution >= 0.6 is 0 Å². The molecule has 2 heterocycles. The number of amides is 1. The smallest absolute Gasteiger partial charge is 0.307 e. The molecule has 1 aliphatic heterocycles. The van der Waals surface area contributed by atoms with E-state index in [-0.39, 0.29) is 17.2 Å². The van der Waals surface area contributed by atoms with Gasteiger partial charge in [0.05, 0.1) is 6.21 Å². The van der Waals surface area contributed by atoms with E-state index in [1.165, 1.54) is 11.3 Å². The summed E-state index contributed by atoms with van der Waals surface area (Å²) in [5.41, 5.74) is 6.99. The molecule has 4 rings (SSSR count). The standard InChI is InChI=1S/C24H27N3O2/c1-5-27-20-11-10-17(12-19(20)16(2)14-24(27,3)4)15-25-26-23(28)22-13-18-8-6-7-9-21(18)29-22/h6-13,15-16H,5,14H2,1-4H3,(H,26,28)/b25-15+/t16-/m1/s1. The number of benzene rings is 2. The van der Waals surface area contributed by atoms with Gasteiger partial charge in [-0.15, -0.1) is 0 Å². The summed E-state index contributed by atoms with van der Waals surface area (Å²) < 4.78 is 5.57. The van der Waals surface area contributed by atoms with E-state index in [0.29, 0.717) is 11.5 Å². The fourth-order valence-corrected chi connectivity index (χ4v) is 4.50. The first-order chi connectivity index (χ1) is 13.9. The van der Waals surface area contributed by atoms with E-state index in [2.05, 4.69) is 55.3 Å². The summed E-state index contributed by atoms with van der Waals surface area (Å²) in [6, 6.07) is 15.7. The molecule has 1 atom stereocenters. The molecule has 5 heteroatoms. The Morgan fingerprint density at radius 1 is 1.28 bits per heavy atom. The lowest BCUT2D eigenvalue weighted by atomic mass is 9.79. The minimum absolute atomic E-state index is 0.150. The molecule has 1 amide bonds. The number of fused-ring (bicyclic) bond motifs is 2. The Kier molecular flexibility index (Phi) is 4.91. The van der Waals surface area contributed by atoms with Crippen LogP contribution in [0.3, 0.4) is 0 Å². The molecule has 0 saturated carbocycles. The van der Waals surface area contributed by atoms with Crippen LogP contribution in [-0.4, -0.2) is 24.2 Å².